The molecular formula is C11H14O3. The fraction of sp³-hybridized carbons (Fsp3) is 0.455. The molecule has 14 heavy (non-hydrogen) atoms. The minimum atomic E-state index is 0.0889. The summed E-state index contributed by atoms with van der Waals surface area (Å²) in [5.41, 5.74) is 2.09. The summed E-state index contributed by atoms with van der Waals surface area (Å²) in [7, 11) is 0. The molecule has 1 N–H and O–H groups in total. The highest BCUT2D eigenvalue weighted by Crippen LogP contribution is 2.41. The molecule has 1 unspecified atom stereocenters. The van der Waals surface area contributed by atoms with E-state index in [4.69, 9.17) is 14.6 Å². The van der Waals surface area contributed by atoms with Crippen molar-refractivity contribution in [3.63, 3.8) is 0 Å². The van der Waals surface area contributed by atoms with Crippen LogP contribution in [0.1, 0.15) is 24.0 Å². The highest BCUT2D eigenvalue weighted by atomic mass is 16.7. The Kier molecular flexibility index (Phi) is 2.33. The number of rotatable bonds is 2. The molecule has 1 aliphatic heterocycles. The summed E-state index contributed by atoms with van der Waals surface area (Å²) in [6.07, 6.45) is 0. The smallest absolute Gasteiger partial charge is 0.231 e. The number of hydrogen-bond acceptors (Lipinski definition) is 3. The molecule has 0 spiro atoms. The van der Waals surface area contributed by atoms with Crippen LogP contribution in [0.15, 0.2) is 12.1 Å². The van der Waals surface area contributed by atoms with Crippen LogP contribution in [-0.2, 0) is 0 Å². The monoisotopic (exact) mass is 194 g/mol. The van der Waals surface area contributed by atoms with Gasteiger partial charge in [0.15, 0.2) is 11.5 Å². The number of ether oxygens (including phenoxy) is 2. The van der Waals surface area contributed by atoms with Gasteiger partial charge in [0, 0.05) is 18.1 Å². The van der Waals surface area contributed by atoms with Gasteiger partial charge < -0.3 is 14.6 Å². The maximum Gasteiger partial charge on any atom is 0.231 e. The van der Waals surface area contributed by atoms with Crippen LogP contribution in [0.2, 0.25) is 0 Å². The van der Waals surface area contributed by atoms with E-state index < -0.39 is 0 Å². The average Bonchev–Trinajstić information content (AvgIpc) is 2.67. The minimum Gasteiger partial charge on any atom is -0.453 e. The van der Waals surface area contributed by atoms with E-state index >= 15 is 0 Å². The number of hydrogen-bond donors (Lipinski definition) is 1. The van der Waals surface area contributed by atoms with Crippen molar-refractivity contribution in [3.8, 4) is 11.5 Å². The number of aliphatic hydroxyl groups is 1. The van der Waals surface area contributed by atoms with Gasteiger partial charge in [-0.2, -0.15) is 0 Å². The third-order valence-electron chi connectivity index (χ3n) is 2.55. The van der Waals surface area contributed by atoms with Crippen LogP contribution in [0, 0.1) is 6.92 Å². The Morgan fingerprint density at radius 1 is 1.36 bits per heavy atom. The summed E-state index contributed by atoms with van der Waals surface area (Å²) >= 11 is 0. The van der Waals surface area contributed by atoms with E-state index in [1.165, 1.54) is 0 Å². The van der Waals surface area contributed by atoms with Crippen LogP contribution >= 0.6 is 0 Å². The van der Waals surface area contributed by atoms with Gasteiger partial charge in [-0.25, -0.2) is 0 Å². The van der Waals surface area contributed by atoms with Crippen molar-refractivity contribution in [2.75, 3.05) is 13.4 Å². The van der Waals surface area contributed by atoms with Gasteiger partial charge in [0.1, 0.15) is 0 Å². The van der Waals surface area contributed by atoms with Crippen molar-refractivity contribution < 1.29 is 14.6 Å². The Hall–Kier alpha value is -1.22. The van der Waals surface area contributed by atoms with Crippen molar-refractivity contribution in [1.82, 2.24) is 0 Å². The Labute approximate surface area is 83.3 Å². The van der Waals surface area contributed by atoms with Gasteiger partial charge in [-0.3, -0.25) is 0 Å². The lowest BCUT2D eigenvalue weighted by Gasteiger charge is -2.12. The average molecular weight is 194 g/mol. The van der Waals surface area contributed by atoms with Crippen LogP contribution in [-0.4, -0.2) is 18.5 Å². The maximum atomic E-state index is 9.09. The summed E-state index contributed by atoms with van der Waals surface area (Å²) in [6, 6.07) is 3.98. The first-order valence-electron chi connectivity index (χ1n) is 4.74. The van der Waals surface area contributed by atoms with Crippen LogP contribution in [0.25, 0.3) is 0 Å². The summed E-state index contributed by atoms with van der Waals surface area (Å²) < 4.78 is 10.8. The van der Waals surface area contributed by atoms with Crippen molar-refractivity contribution in [2.24, 2.45) is 0 Å². The Morgan fingerprint density at radius 2 is 2.07 bits per heavy atom. The van der Waals surface area contributed by atoms with Gasteiger partial charge in [-0.15, -0.1) is 0 Å². The maximum absolute atomic E-state index is 9.09. The molecular weight excluding hydrogens is 180 g/mol. The lowest BCUT2D eigenvalue weighted by molar-refractivity contribution is 0.171. The largest absolute Gasteiger partial charge is 0.453 e. The predicted molar refractivity (Wildman–Crippen MR) is 52.8 cm³/mol. The fourth-order valence-electron chi connectivity index (χ4n) is 1.64. The van der Waals surface area contributed by atoms with Gasteiger partial charge in [-0.05, 0) is 12.5 Å². The van der Waals surface area contributed by atoms with E-state index in [-0.39, 0.29) is 19.3 Å². The van der Waals surface area contributed by atoms with Crippen molar-refractivity contribution >= 4 is 0 Å². The minimum absolute atomic E-state index is 0.0889. The van der Waals surface area contributed by atoms with Crippen LogP contribution in [0.5, 0.6) is 11.5 Å². The summed E-state index contributed by atoms with van der Waals surface area (Å²) in [5.74, 6) is 1.71. The summed E-state index contributed by atoms with van der Waals surface area (Å²) in [4.78, 5) is 0. The normalized spacial score (nSPS) is 15.6. The second-order valence-electron chi connectivity index (χ2n) is 3.62. The molecule has 3 heteroatoms. The lowest BCUT2D eigenvalue weighted by Crippen LogP contribution is -2.01. The molecule has 0 aromatic heterocycles. The lowest BCUT2D eigenvalue weighted by atomic mass is 9.99. The van der Waals surface area contributed by atoms with E-state index in [0.717, 1.165) is 22.6 Å². The van der Waals surface area contributed by atoms with E-state index in [1.807, 2.05) is 26.0 Å². The summed E-state index contributed by atoms with van der Waals surface area (Å²) in [5, 5.41) is 9.09. The Morgan fingerprint density at radius 3 is 2.79 bits per heavy atom. The quantitative estimate of drug-likeness (QED) is 0.780. The zero-order valence-electron chi connectivity index (χ0n) is 8.41. The van der Waals surface area contributed by atoms with Crippen molar-refractivity contribution in [3.05, 3.63) is 23.3 Å². The molecule has 0 amide bonds. The second-order valence-corrected chi connectivity index (χ2v) is 3.62. The number of benzene rings is 1. The fourth-order valence-corrected chi connectivity index (χ4v) is 1.64. The Balaban J connectivity index is 2.48. The third-order valence-corrected chi connectivity index (χ3v) is 2.55. The number of aliphatic hydroxyl groups excluding tert-OH is 1. The zero-order valence-corrected chi connectivity index (χ0v) is 8.41. The molecule has 0 saturated heterocycles. The molecule has 1 aliphatic rings. The van der Waals surface area contributed by atoms with Gasteiger partial charge in [0.25, 0.3) is 0 Å². The topological polar surface area (TPSA) is 38.7 Å². The molecule has 2 rings (SSSR count). The van der Waals surface area contributed by atoms with E-state index in [9.17, 15) is 0 Å². The Bertz CT molecular complexity index is 347. The van der Waals surface area contributed by atoms with Gasteiger partial charge in [-0.1, -0.05) is 19.1 Å². The molecule has 76 valence electrons. The molecule has 0 bridgehead atoms. The van der Waals surface area contributed by atoms with E-state index in [2.05, 4.69) is 0 Å². The molecule has 0 aliphatic carbocycles. The van der Waals surface area contributed by atoms with Crippen molar-refractivity contribution in [2.45, 2.75) is 19.8 Å². The highest BCUT2D eigenvalue weighted by molar-refractivity contribution is 5.54. The van der Waals surface area contributed by atoms with Gasteiger partial charge in [0.2, 0.25) is 6.79 Å². The molecule has 3 nitrogen and oxygen atoms in total. The van der Waals surface area contributed by atoms with E-state index in [1.54, 1.807) is 0 Å². The van der Waals surface area contributed by atoms with E-state index in [0.29, 0.717) is 0 Å². The molecule has 1 aromatic carbocycles. The zero-order chi connectivity index (χ0) is 10.1. The first-order valence-corrected chi connectivity index (χ1v) is 4.74. The molecule has 0 saturated carbocycles. The van der Waals surface area contributed by atoms with Gasteiger partial charge >= 0.3 is 0 Å². The number of aryl methyl sites for hydroxylation is 1. The van der Waals surface area contributed by atoms with Crippen molar-refractivity contribution in [1.29, 1.82) is 0 Å². The molecule has 1 heterocycles. The van der Waals surface area contributed by atoms with Gasteiger partial charge in [0.05, 0.1) is 0 Å². The summed E-state index contributed by atoms with van der Waals surface area (Å²) in [6.45, 7) is 4.36. The molecule has 0 fully saturated rings. The SMILES string of the molecule is Cc1ccc(C(C)CO)c2c1OCO2. The van der Waals surface area contributed by atoms with Crippen LogP contribution < -0.4 is 9.47 Å². The molecule has 0 radical (unpaired) electrons. The van der Waals surface area contributed by atoms with Crippen LogP contribution in [0.3, 0.4) is 0 Å². The van der Waals surface area contributed by atoms with Crippen LogP contribution in [0.4, 0.5) is 0 Å². The molecule has 1 aromatic rings. The first-order chi connectivity index (χ1) is 6.74. The second kappa shape index (κ2) is 3.50. The molecule has 1 atom stereocenters. The predicted octanol–water partition coefficient (Wildman–Crippen LogP) is 1.82. The number of fused-ring (bicyclic) bond motifs is 1. The third kappa shape index (κ3) is 1.34. The standard InChI is InChI=1S/C11H14O3/c1-7-3-4-9(8(2)5-12)11-10(7)13-6-14-11/h3-4,8,12H,5-6H2,1-2H3. The first kappa shape index (κ1) is 9.34. The highest BCUT2D eigenvalue weighted by Gasteiger charge is 2.22.